The van der Waals surface area contributed by atoms with Crippen LogP contribution in [0.1, 0.15) is 66.6 Å². The van der Waals surface area contributed by atoms with Gasteiger partial charge < -0.3 is 10.8 Å². The highest BCUT2D eigenvalue weighted by Gasteiger charge is 2.26. The maximum absolute atomic E-state index is 9.35. The van der Waals surface area contributed by atoms with E-state index in [0.717, 1.165) is 41.2 Å². The second-order valence-corrected chi connectivity index (χ2v) is 9.49. The Hall–Kier alpha value is -1.76. The lowest BCUT2D eigenvalue weighted by molar-refractivity contribution is 0.128. The van der Waals surface area contributed by atoms with E-state index in [-0.39, 0.29) is 12.1 Å². The van der Waals surface area contributed by atoms with Crippen molar-refractivity contribution in [2.75, 3.05) is 6.61 Å². The van der Waals surface area contributed by atoms with Crippen molar-refractivity contribution in [3.05, 3.63) is 57.9 Å². The van der Waals surface area contributed by atoms with Crippen LogP contribution in [0.2, 0.25) is 0 Å². The molecule has 2 aliphatic rings. The highest BCUT2D eigenvalue weighted by Crippen LogP contribution is 2.35. The average Bonchev–Trinajstić information content (AvgIpc) is 3.46. The fourth-order valence-corrected chi connectivity index (χ4v) is 5.12. The van der Waals surface area contributed by atoms with Crippen LogP contribution in [-0.2, 0) is 37.6 Å². The van der Waals surface area contributed by atoms with Crippen LogP contribution in [-0.4, -0.2) is 21.5 Å². The van der Waals surface area contributed by atoms with Gasteiger partial charge in [-0.15, -0.1) is 0 Å². The van der Waals surface area contributed by atoms with Crippen molar-refractivity contribution in [2.24, 2.45) is 10.9 Å². The summed E-state index contributed by atoms with van der Waals surface area (Å²) in [4.78, 5) is 0. The quantitative estimate of drug-likeness (QED) is 0.606. The molecule has 5 nitrogen and oxygen atoms in total. The summed E-state index contributed by atoms with van der Waals surface area (Å²) in [5.74, 6) is 0. The molecule has 2 aliphatic carbocycles. The molecule has 1 atom stereocenters. The van der Waals surface area contributed by atoms with Gasteiger partial charge in [0.05, 0.1) is 12.1 Å². The van der Waals surface area contributed by atoms with Crippen molar-refractivity contribution >= 4 is 11.9 Å². The molecule has 4 rings (SSSR count). The third-order valence-corrected chi connectivity index (χ3v) is 7.04. The maximum Gasteiger partial charge on any atom is 0.133 e. The Bertz CT molecular complexity index is 882. The van der Waals surface area contributed by atoms with E-state index in [9.17, 15) is 5.11 Å². The van der Waals surface area contributed by atoms with E-state index >= 15 is 0 Å². The first kappa shape index (κ1) is 22.9. The summed E-state index contributed by atoms with van der Waals surface area (Å²) < 4.78 is 1.85. The molecule has 0 saturated carbocycles. The van der Waals surface area contributed by atoms with Crippen LogP contribution in [0.25, 0.3) is 0 Å². The summed E-state index contributed by atoms with van der Waals surface area (Å²) in [7, 11) is 0. The van der Waals surface area contributed by atoms with Gasteiger partial charge in [0.1, 0.15) is 5.03 Å². The normalized spacial score (nSPS) is 16.4. The van der Waals surface area contributed by atoms with Gasteiger partial charge in [-0.05, 0) is 105 Å². The van der Waals surface area contributed by atoms with E-state index in [1.165, 1.54) is 44.1 Å². The summed E-state index contributed by atoms with van der Waals surface area (Å²) in [6.45, 7) is 9.95. The third kappa shape index (κ3) is 4.61. The number of benzene rings is 1. The number of aliphatic hydroxyl groups excluding tert-OH is 1. The number of allylic oxidation sites excluding steroid dienone is 1. The second kappa shape index (κ2) is 9.58. The number of fused-ring (bicyclic) bond motifs is 2. The minimum Gasteiger partial charge on any atom is -0.402 e. The first-order chi connectivity index (χ1) is 14.3. The van der Waals surface area contributed by atoms with Crippen molar-refractivity contribution in [1.82, 2.24) is 9.78 Å². The lowest BCUT2D eigenvalue weighted by Crippen LogP contribution is -2.35. The molecular weight excluding hydrogens is 392 g/mol. The maximum atomic E-state index is 9.35. The van der Waals surface area contributed by atoms with Crippen LogP contribution >= 0.6 is 11.9 Å². The molecule has 0 amide bonds. The highest BCUT2D eigenvalue weighted by molar-refractivity contribution is 7.97. The zero-order valence-corrected chi connectivity index (χ0v) is 19.4. The van der Waals surface area contributed by atoms with E-state index in [4.69, 9.17) is 10.9 Å². The summed E-state index contributed by atoms with van der Waals surface area (Å²) in [6.07, 6.45) is 9.42. The Morgan fingerprint density at radius 2 is 1.80 bits per heavy atom. The molecule has 6 heteroatoms. The van der Waals surface area contributed by atoms with Crippen molar-refractivity contribution in [3.8, 4) is 0 Å². The zero-order valence-electron chi connectivity index (χ0n) is 18.6. The molecule has 30 heavy (non-hydrogen) atoms. The standard InChI is InChI=1S/C15H19N.C9H17N3OS/c1-10(16)8-15-13-6-2-4-11(13)9-12-5-3-7-14(12)15;1-4-9(3,6-13)12-7(2)5-8(11-12)14-10/h9H,1-8,16H2;5,13H,4,6,10H2,1-3H3. The number of hydrogen-bond acceptors (Lipinski definition) is 5. The Balaban J connectivity index is 0.000000173. The monoisotopic (exact) mass is 428 g/mol. The molecule has 0 fully saturated rings. The van der Waals surface area contributed by atoms with Crippen molar-refractivity contribution < 1.29 is 5.11 Å². The molecule has 1 unspecified atom stereocenters. The number of aryl methyl sites for hydroxylation is 3. The van der Waals surface area contributed by atoms with Gasteiger partial charge in [0.2, 0.25) is 0 Å². The van der Waals surface area contributed by atoms with Gasteiger partial charge in [-0.3, -0.25) is 9.82 Å². The smallest absolute Gasteiger partial charge is 0.133 e. The molecule has 0 spiro atoms. The van der Waals surface area contributed by atoms with Crippen LogP contribution < -0.4 is 10.9 Å². The molecule has 0 radical (unpaired) electrons. The van der Waals surface area contributed by atoms with Gasteiger partial charge in [-0.2, -0.15) is 5.10 Å². The van der Waals surface area contributed by atoms with E-state index in [1.54, 1.807) is 22.3 Å². The number of aliphatic hydroxyl groups is 1. The molecule has 0 saturated heterocycles. The number of nitrogens with zero attached hydrogens (tertiary/aromatic N) is 2. The summed E-state index contributed by atoms with van der Waals surface area (Å²) in [5, 5.41) is 19.9. The minimum atomic E-state index is -0.321. The number of hydrogen-bond donors (Lipinski definition) is 3. The lowest BCUT2D eigenvalue weighted by atomic mass is 9.91. The molecule has 0 aliphatic heterocycles. The summed E-state index contributed by atoms with van der Waals surface area (Å²) >= 11 is 1.13. The highest BCUT2D eigenvalue weighted by atomic mass is 32.2. The van der Waals surface area contributed by atoms with Crippen LogP contribution in [0.4, 0.5) is 0 Å². The van der Waals surface area contributed by atoms with Crippen LogP contribution in [0, 0.1) is 6.92 Å². The van der Waals surface area contributed by atoms with E-state index in [0.29, 0.717) is 0 Å². The van der Waals surface area contributed by atoms with Crippen molar-refractivity contribution in [3.63, 3.8) is 0 Å². The summed E-state index contributed by atoms with van der Waals surface area (Å²) in [5.41, 5.74) is 15.3. The minimum absolute atomic E-state index is 0.0840. The Morgan fingerprint density at radius 1 is 1.20 bits per heavy atom. The third-order valence-electron chi connectivity index (χ3n) is 6.60. The van der Waals surface area contributed by atoms with E-state index in [2.05, 4.69) is 17.7 Å². The van der Waals surface area contributed by atoms with Crippen LogP contribution in [0.15, 0.2) is 29.4 Å². The molecule has 1 heterocycles. The first-order valence-corrected chi connectivity index (χ1v) is 11.8. The summed E-state index contributed by atoms with van der Waals surface area (Å²) in [6, 6.07) is 4.39. The van der Waals surface area contributed by atoms with E-state index in [1.807, 2.05) is 31.5 Å². The molecule has 5 N–H and O–H groups in total. The van der Waals surface area contributed by atoms with Crippen molar-refractivity contribution in [1.29, 1.82) is 0 Å². The topological polar surface area (TPSA) is 90.1 Å². The predicted molar refractivity (Wildman–Crippen MR) is 126 cm³/mol. The Morgan fingerprint density at radius 3 is 2.23 bits per heavy atom. The molecule has 164 valence electrons. The number of aromatic nitrogens is 2. The molecule has 0 bridgehead atoms. The van der Waals surface area contributed by atoms with Gasteiger partial charge >= 0.3 is 0 Å². The van der Waals surface area contributed by atoms with Crippen LogP contribution in [0.5, 0.6) is 0 Å². The average molecular weight is 429 g/mol. The van der Waals surface area contributed by atoms with Crippen LogP contribution in [0.3, 0.4) is 0 Å². The van der Waals surface area contributed by atoms with Gasteiger partial charge in [0.25, 0.3) is 0 Å². The van der Waals surface area contributed by atoms with E-state index < -0.39 is 0 Å². The largest absolute Gasteiger partial charge is 0.402 e. The van der Waals surface area contributed by atoms with Crippen molar-refractivity contribution in [2.45, 2.75) is 82.7 Å². The zero-order chi connectivity index (χ0) is 21.9. The fraction of sp³-hybridized carbons (Fsp3) is 0.542. The van der Waals surface area contributed by atoms with Gasteiger partial charge in [-0.25, -0.2) is 0 Å². The van der Waals surface area contributed by atoms with Gasteiger partial charge in [0.15, 0.2) is 0 Å². The molecule has 1 aromatic carbocycles. The first-order valence-electron chi connectivity index (χ1n) is 11.0. The molecule has 1 aromatic heterocycles. The molecule has 2 aromatic rings. The Labute approximate surface area is 185 Å². The lowest BCUT2D eigenvalue weighted by Gasteiger charge is -2.27. The SMILES string of the molecule is C=C(N)Cc1c2c(cc3c1CCC3)CCC2.CCC(C)(CO)n1nc(SN)cc1C. The fourth-order valence-electron chi connectivity index (χ4n) is 4.75. The number of nitrogens with two attached hydrogens (primary N) is 2. The van der Waals surface area contributed by atoms with Gasteiger partial charge in [0, 0.05) is 17.8 Å². The molecular formula is C24H36N4OS. The second-order valence-electron chi connectivity index (χ2n) is 8.83. The Kier molecular flexibility index (Phi) is 7.32. The predicted octanol–water partition coefficient (Wildman–Crippen LogP) is 3.95. The van der Waals surface area contributed by atoms with Gasteiger partial charge in [-0.1, -0.05) is 19.6 Å². The number of rotatable bonds is 6.